The third-order valence-electron chi connectivity index (χ3n) is 2.05. The summed E-state index contributed by atoms with van der Waals surface area (Å²) in [5.74, 6) is 0.758. The normalized spacial score (nSPS) is 13.9. The van der Waals surface area contributed by atoms with Gasteiger partial charge in [-0.25, -0.2) is 0 Å². The molecule has 68 valence electrons. The van der Waals surface area contributed by atoms with Crippen molar-refractivity contribution in [3.63, 3.8) is 0 Å². The van der Waals surface area contributed by atoms with Crippen LogP contribution in [0.2, 0.25) is 0 Å². The van der Waals surface area contributed by atoms with E-state index in [1.54, 1.807) is 0 Å². The lowest BCUT2D eigenvalue weighted by atomic mass is 10.1. The molecule has 0 aliphatic heterocycles. The monoisotopic (exact) mass is 177 g/mol. The lowest BCUT2D eigenvalue weighted by Crippen LogP contribution is -2.35. The summed E-state index contributed by atoms with van der Waals surface area (Å²) >= 11 is 5.63. The van der Waals surface area contributed by atoms with E-state index >= 15 is 0 Å². The van der Waals surface area contributed by atoms with Gasteiger partial charge in [-0.15, -0.1) is 11.6 Å². The van der Waals surface area contributed by atoms with Crippen LogP contribution >= 0.6 is 11.6 Å². The molecule has 0 aromatic rings. The van der Waals surface area contributed by atoms with Crippen LogP contribution in [0, 0.1) is 0 Å². The molecular formula is C9H20ClN. The predicted molar refractivity (Wildman–Crippen MR) is 52.3 cm³/mol. The summed E-state index contributed by atoms with van der Waals surface area (Å²) in [6.45, 7) is 6.63. The molecule has 0 fully saturated rings. The van der Waals surface area contributed by atoms with Crippen molar-refractivity contribution in [2.75, 3.05) is 5.88 Å². The largest absolute Gasteiger partial charge is 0.311 e. The van der Waals surface area contributed by atoms with Crippen LogP contribution in [0.3, 0.4) is 0 Å². The number of halogens is 1. The molecule has 0 saturated heterocycles. The fourth-order valence-electron chi connectivity index (χ4n) is 1.17. The van der Waals surface area contributed by atoms with E-state index in [2.05, 4.69) is 26.1 Å². The van der Waals surface area contributed by atoms with Gasteiger partial charge in [-0.1, -0.05) is 13.8 Å². The lowest BCUT2D eigenvalue weighted by Gasteiger charge is -2.20. The van der Waals surface area contributed by atoms with Gasteiger partial charge in [-0.2, -0.15) is 0 Å². The van der Waals surface area contributed by atoms with Gasteiger partial charge in [0.25, 0.3) is 0 Å². The van der Waals surface area contributed by atoms with Crippen molar-refractivity contribution >= 4 is 11.6 Å². The van der Waals surface area contributed by atoms with Crippen molar-refractivity contribution < 1.29 is 0 Å². The van der Waals surface area contributed by atoms with E-state index in [1.807, 2.05) is 0 Å². The molecule has 1 unspecified atom stereocenters. The van der Waals surface area contributed by atoms with Crippen LogP contribution in [-0.4, -0.2) is 18.0 Å². The first-order valence-corrected chi connectivity index (χ1v) is 5.10. The van der Waals surface area contributed by atoms with Crippen LogP contribution in [0.5, 0.6) is 0 Å². The lowest BCUT2D eigenvalue weighted by molar-refractivity contribution is 0.418. The van der Waals surface area contributed by atoms with Crippen LogP contribution in [0.15, 0.2) is 0 Å². The quantitative estimate of drug-likeness (QED) is 0.616. The molecule has 0 spiro atoms. The molecule has 1 atom stereocenters. The molecule has 0 aromatic heterocycles. The average molecular weight is 178 g/mol. The number of alkyl halides is 1. The van der Waals surface area contributed by atoms with E-state index in [1.165, 1.54) is 12.8 Å². The first kappa shape index (κ1) is 11.2. The van der Waals surface area contributed by atoms with Crippen molar-refractivity contribution in [2.24, 2.45) is 0 Å². The van der Waals surface area contributed by atoms with Gasteiger partial charge in [0.15, 0.2) is 0 Å². The summed E-state index contributed by atoms with van der Waals surface area (Å²) in [4.78, 5) is 0. The van der Waals surface area contributed by atoms with Gasteiger partial charge in [0.05, 0.1) is 0 Å². The Balaban J connectivity index is 3.44. The topological polar surface area (TPSA) is 12.0 Å². The molecular weight excluding hydrogens is 158 g/mol. The van der Waals surface area contributed by atoms with Crippen LogP contribution in [0.4, 0.5) is 0 Å². The highest BCUT2D eigenvalue weighted by atomic mass is 35.5. The average Bonchev–Trinajstić information content (AvgIpc) is 2.01. The number of hydrogen-bond acceptors (Lipinski definition) is 1. The minimum absolute atomic E-state index is 0.567. The number of nitrogens with one attached hydrogen (secondary N) is 1. The van der Waals surface area contributed by atoms with Gasteiger partial charge in [0.2, 0.25) is 0 Å². The minimum Gasteiger partial charge on any atom is -0.311 e. The van der Waals surface area contributed by atoms with Gasteiger partial charge in [0.1, 0.15) is 0 Å². The Labute approximate surface area is 75.5 Å². The Morgan fingerprint density at radius 3 is 2.18 bits per heavy atom. The first-order valence-electron chi connectivity index (χ1n) is 4.56. The molecule has 11 heavy (non-hydrogen) atoms. The third kappa shape index (κ3) is 5.51. The molecule has 2 heteroatoms. The molecule has 0 saturated carbocycles. The van der Waals surface area contributed by atoms with Crippen molar-refractivity contribution in [1.82, 2.24) is 5.32 Å². The fraction of sp³-hybridized carbons (Fsp3) is 1.00. The summed E-state index contributed by atoms with van der Waals surface area (Å²) in [7, 11) is 0. The second-order valence-electron chi connectivity index (χ2n) is 3.06. The predicted octanol–water partition coefficient (Wildman–Crippen LogP) is 2.78. The van der Waals surface area contributed by atoms with Gasteiger partial charge >= 0.3 is 0 Å². The van der Waals surface area contributed by atoms with E-state index in [9.17, 15) is 0 Å². The summed E-state index contributed by atoms with van der Waals surface area (Å²) in [6, 6.07) is 1.24. The SMILES string of the molecule is CCC(CC)NC(C)CCCl. The van der Waals surface area contributed by atoms with Gasteiger partial charge in [-0.05, 0) is 26.2 Å². The number of hydrogen-bond donors (Lipinski definition) is 1. The van der Waals surface area contributed by atoms with Crippen molar-refractivity contribution in [2.45, 2.75) is 52.1 Å². The van der Waals surface area contributed by atoms with Crippen molar-refractivity contribution in [3.05, 3.63) is 0 Å². The fourth-order valence-corrected chi connectivity index (χ4v) is 1.50. The Morgan fingerprint density at radius 2 is 1.82 bits per heavy atom. The van der Waals surface area contributed by atoms with E-state index in [4.69, 9.17) is 11.6 Å². The standard InChI is InChI=1S/C9H20ClN/c1-4-9(5-2)11-8(3)6-7-10/h8-9,11H,4-7H2,1-3H3. The molecule has 0 aromatic carbocycles. The molecule has 0 aliphatic carbocycles. The summed E-state index contributed by atoms with van der Waals surface area (Å²) in [6.07, 6.45) is 3.49. The molecule has 1 N–H and O–H groups in total. The third-order valence-corrected chi connectivity index (χ3v) is 2.27. The molecule has 0 heterocycles. The molecule has 0 radical (unpaired) electrons. The molecule has 1 nitrogen and oxygen atoms in total. The summed E-state index contributed by atoms with van der Waals surface area (Å²) in [5, 5.41) is 3.53. The van der Waals surface area contributed by atoms with E-state index in [0.717, 1.165) is 12.3 Å². The highest BCUT2D eigenvalue weighted by Gasteiger charge is 2.06. The second-order valence-corrected chi connectivity index (χ2v) is 3.44. The van der Waals surface area contributed by atoms with Crippen LogP contribution in [0.1, 0.15) is 40.0 Å². The summed E-state index contributed by atoms with van der Waals surface area (Å²) in [5.41, 5.74) is 0. The second kappa shape index (κ2) is 6.93. The van der Waals surface area contributed by atoms with Gasteiger partial charge < -0.3 is 5.32 Å². The van der Waals surface area contributed by atoms with E-state index in [-0.39, 0.29) is 0 Å². The van der Waals surface area contributed by atoms with E-state index in [0.29, 0.717) is 12.1 Å². The highest BCUT2D eigenvalue weighted by Crippen LogP contribution is 2.01. The maximum Gasteiger partial charge on any atom is 0.0238 e. The van der Waals surface area contributed by atoms with Crippen molar-refractivity contribution in [3.8, 4) is 0 Å². The van der Waals surface area contributed by atoms with Crippen LogP contribution in [-0.2, 0) is 0 Å². The summed E-state index contributed by atoms with van der Waals surface area (Å²) < 4.78 is 0. The molecule has 0 rings (SSSR count). The highest BCUT2D eigenvalue weighted by molar-refractivity contribution is 6.17. The Bertz CT molecular complexity index is 81.6. The van der Waals surface area contributed by atoms with Crippen molar-refractivity contribution in [1.29, 1.82) is 0 Å². The van der Waals surface area contributed by atoms with Crippen LogP contribution < -0.4 is 5.32 Å². The molecule has 0 amide bonds. The Kier molecular flexibility index (Phi) is 7.09. The zero-order valence-corrected chi connectivity index (χ0v) is 8.62. The van der Waals surface area contributed by atoms with E-state index < -0.39 is 0 Å². The Hall–Kier alpha value is 0.250. The number of rotatable bonds is 6. The zero-order chi connectivity index (χ0) is 8.69. The van der Waals surface area contributed by atoms with Gasteiger partial charge in [0, 0.05) is 18.0 Å². The molecule has 0 aliphatic rings. The zero-order valence-electron chi connectivity index (χ0n) is 7.86. The maximum atomic E-state index is 5.63. The molecule has 0 bridgehead atoms. The minimum atomic E-state index is 0.567. The maximum absolute atomic E-state index is 5.63. The smallest absolute Gasteiger partial charge is 0.0238 e. The first-order chi connectivity index (χ1) is 5.24. The van der Waals surface area contributed by atoms with Gasteiger partial charge in [-0.3, -0.25) is 0 Å². The Morgan fingerprint density at radius 1 is 1.27 bits per heavy atom. The van der Waals surface area contributed by atoms with Crippen LogP contribution in [0.25, 0.3) is 0 Å².